The number of carbonyl (C=O) groups excluding carboxylic acids is 1. The quantitative estimate of drug-likeness (QED) is 0.925. The normalized spacial score (nSPS) is 18.8. The molecule has 0 aliphatic carbocycles. The molecule has 2 rings (SSSR count). The second-order valence-electron chi connectivity index (χ2n) is 6.23. The minimum Gasteiger partial charge on any atom is -0.336 e. The van der Waals surface area contributed by atoms with Gasteiger partial charge in [0.1, 0.15) is 5.82 Å². The van der Waals surface area contributed by atoms with Crippen molar-refractivity contribution in [3.63, 3.8) is 0 Å². The van der Waals surface area contributed by atoms with Crippen molar-refractivity contribution in [3.8, 4) is 0 Å². The zero-order chi connectivity index (χ0) is 15.4. The molecule has 116 valence electrons. The van der Waals surface area contributed by atoms with Gasteiger partial charge in [-0.3, -0.25) is 4.79 Å². The Morgan fingerprint density at radius 1 is 1.48 bits per heavy atom. The summed E-state index contributed by atoms with van der Waals surface area (Å²) in [7, 11) is 0. The number of aryl methyl sites for hydroxylation is 1. The molecular formula is C17H25FN2O. The summed E-state index contributed by atoms with van der Waals surface area (Å²) in [5.74, 6) is 0.0961. The van der Waals surface area contributed by atoms with Crippen molar-refractivity contribution in [2.45, 2.75) is 39.7 Å². The van der Waals surface area contributed by atoms with Gasteiger partial charge < -0.3 is 10.2 Å². The minimum absolute atomic E-state index is 0.0746. The van der Waals surface area contributed by atoms with Crippen LogP contribution in [-0.2, 0) is 0 Å². The summed E-state index contributed by atoms with van der Waals surface area (Å²) >= 11 is 0. The summed E-state index contributed by atoms with van der Waals surface area (Å²) in [6.07, 6.45) is 2.30. The molecule has 1 amide bonds. The van der Waals surface area contributed by atoms with Gasteiger partial charge in [-0.15, -0.1) is 0 Å². The molecule has 0 radical (unpaired) electrons. The van der Waals surface area contributed by atoms with Crippen LogP contribution in [-0.4, -0.2) is 36.5 Å². The molecular weight excluding hydrogens is 267 g/mol. The summed E-state index contributed by atoms with van der Waals surface area (Å²) in [5, 5.41) is 3.38. The molecule has 1 aliphatic rings. The molecule has 0 aromatic heterocycles. The third-order valence-corrected chi connectivity index (χ3v) is 4.16. The van der Waals surface area contributed by atoms with E-state index in [0.29, 0.717) is 17.0 Å². The first-order chi connectivity index (χ1) is 9.99. The lowest BCUT2D eigenvalue weighted by atomic mass is 9.98. The number of hydrogen-bond acceptors (Lipinski definition) is 2. The average molecular weight is 292 g/mol. The van der Waals surface area contributed by atoms with Crippen LogP contribution in [0.4, 0.5) is 4.39 Å². The van der Waals surface area contributed by atoms with E-state index in [4.69, 9.17) is 0 Å². The van der Waals surface area contributed by atoms with E-state index < -0.39 is 0 Å². The van der Waals surface area contributed by atoms with Crippen molar-refractivity contribution in [1.29, 1.82) is 0 Å². The van der Waals surface area contributed by atoms with E-state index in [1.54, 1.807) is 19.1 Å². The molecule has 0 saturated carbocycles. The summed E-state index contributed by atoms with van der Waals surface area (Å²) in [6.45, 7) is 8.49. The highest BCUT2D eigenvalue weighted by molar-refractivity contribution is 5.94. The van der Waals surface area contributed by atoms with Gasteiger partial charge in [0.2, 0.25) is 0 Å². The number of carbonyl (C=O) groups is 1. The molecule has 4 heteroatoms. The minimum atomic E-state index is -0.316. The molecule has 1 unspecified atom stereocenters. The van der Waals surface area contributed by atoms with Crippen LogP contribution in [0.15, 0.2) is 18.2 Å². The van der Waals surface area contributed by atoms with Gasteiger partial charge in [-0.1, -0.05) is 6.07 Å². The lowest BCUT2D eigenvalue weighted by molar-refractivity contribution is 0.0660. The van der Waals surface area contributed by atoms with E-state index in [9.17, 15) is 9.18 Å². The lowest BCUT2D eigenvalue weighted by Gasteiger charge is -2.33. The second-order valence-corrected chi connectivity index (χ2v) is 6.23. The van der Waals surface area contributed by atoms with Gasteiger partial charge in [-0.2, -0.15) is 0 Å². The average Bonchev–Trinajstić information content (AvgIpc) is 2.47. The van der Waals surface area contributed by atoms with Crippen molar-refractivity contribution in [2.75, 3.05) is 19.6 Å². The number of piperidine rings is 1. The molecule has 1 saturated heterocycles. The third-order valence-electron chi connectivity index (χ3n) is 4.16. The van der Waals surface area contributed by atoms with Crippen molar-refractivity contribution >= 4 is 5.91 Å². The Kier molecular flexibility index (Phi) is 5.34. The molecule has 1 heterocycles. The van der Waals surface area contributed by atoms with Gasteiger partial charge >= 0.3 is 0 Å². The van der Waals surface area contributed by atoms with E-state index in [0.717, 1.165) is 32.5 Å². The molecule has 1 atom stereocenters. The lowest BCUT2D eigenvalue weighted by Crippen LogP contribution is -2.44. The van der Waals surface area contributed by atoms with Crippen molar-refractivity contribution in [2.24, 2.45) is 5.92 Å². The van der Waals surface area contributed by atoms with Crippen LogP contribution in [0.3, 0.4) is 0 Å². The molecule has 1 N–H and O–H groups in total. The van der Waals surface area contributed by atoms with E-state index in [2.05, 4.69) is 5.32 Å². The number of nitrogens with one attached hydrogen (secondary N) is 1. The summed E-state index contributed by atoms with van der Waals surface area (Å²) < 4.78 is 13.7. The maximum absolute atomic E-state index is 13.7. The highest BCUT2D eigenvalue weighted by Gasteiger charge is 2.24. The second kappa shape index (κ2) is 7.03. The SMILES string of the molecule is Cc1ccc(C(=O)N(CC2CCCNC2)C(C)C)cc1F. The zero-order valence-electron chi connectivity index (χ0n) is 13.2. The van der Waals surface area contributed by atoms with Crippen LogP contribution in [0.1, 0.15) is 42.6 Å². The molecule has 3 nitrogen and oxygen atoms in total. The number of hydrogen-bond donors (Lipinski definition) is 1. The van der Waals surface area contributed by atoms with Crippen LogP contribution in [0.25, 0.3) is 0 Å². The molecule has 1 aliphatic heterocycles. The van der Waals surface area contributed by atoms with Crippen molar-refractivity contribution in [3.05, 3.63) is 35.1 Å². The first kappa shape index (κ1) is 16.0. The number of amides is 1. The molecule has 0 spiro atoms. The zero-order valence-corrected chi connectivity index (χ0v) is 13.2. The van der Waals surface area contributed by atoms with E-state index in [-0.39, 0.29) is 17.8 Å². The predicted octanol–water partition coefficient (Wildman–Crippen LogP) is 2.98. The number of benzene rings is 1. The molecule has 1 aromatic carbocycles. The first-order valence-electron chi connectivity index (χ1n) is 7.77. The van der Waals surface area contributed by atoms with E-state index in [1.165, 1.54) is 6.07 Å². The predicted molar refractivity (Wildman–Crippen MR) is 82.9 cm³/mol. The Morgan fingerprint density at radius 2 is 2.24 bits per heavy atom. The molecule has 1 fully saturated rings. The fourth-order valence-corrected chi connectivity index (χ4v) is 2.78. The summed E-state index contributed by atoms with van der Waals surface area (Å²) in [4.78, 5) is 14.5. The van der Waals surface area contributed by atoms with Gasteiger partial charge in [0.25, 0.3) is 5.91 Å². The Hall–Kier alpha value is -1.42. The largest absolute Gasteiger partial charge is 0.336 e. The van der Waals surface area contributed by atoms with Gasteiger partial charge in [0.15, 0.2) is 0 Å². The van der Waals surface area contributed by atoms with Gasteiger partial charge in [0.05, 0.1) is 0 Å². The van der Waals surface area contributed by atoms with Crippen LogP contribution >= 0.6 is 0 Å². The van der Waals surface area contributed by atoms with E-state index >= 15 is 0 Å². The summed E-state index contributed by atoms with van der Waals surface area (Å²) in [5.41, 5.74) is 1.01. The highest BCUT2D eigenvalue weighted by atomic mass is 19.1. The number of halogens is 1. The standard InChI is InChI=1S/C17H25FN2O/c1-12(2)20(11-14-5-4-8-19-10-14)17(21)15-7-6-13(3)16(18)9-15/h6-7,9,12,14,19H,4-5,8,10-11H2,1-3H3. The monoisotopic (exact) mass is 292 g/mol. The summed E-state index contributed by atoms with van der Waals surface area (Å²) in [6, 6.07) is 4.86. The van der Waals surface area contributed by atoms with Gasteiger partial charge in [-0.05, 0) is 70.3 Å². The third kappa shape index (κ3) is 4.03. The fraction of sp³-hybridized carbons (Fsp3) is 0.588. The smallest absolute Gasteiger partial charge is 0.254 e. The first-order valence-corrected chi connectivity index (χ1v) is 7.77. The fourth-order valence-electron chi connectivity index (χ4n) is 2.78. The van der Waals surface area contributed by atoms with E-state index in [1.807, 2.05) is 18.7 Å². The molecule has 1 aromatic rings. The number of nitrogens with zero attached hydrogens (tertiary/aromatic N) is 1. The van der Waals surface area contributed by atoms with Crippen LogP contribution in [0, 0.1) is 18.7 Å². The Labute approximate surface area is 126 Å². The molecule has 0 bridgehead atoms. The number of rotatable bonds is 4. The van der Waals surface area contributed by atoms with Gasteiger partial charge in [0, 0.05) is 18.2 Å². The Bertz CT molecular complexity index is 496. The van der Waals surface area contributed by atoms with Crippen molar-refractivity contribution in [1.82, 2.24) is 10.2 Å². The Balaban J connectivity index is 2.12. The van der Waals surface area contributed by atoms with Crippen LogP contribution in [0.5, 0.6) is 0 Å². The van der Waals surface area contributed by atoms with Crippen LogP contribution < -0.4 is 5.32 Å². The van der Waals surface area contributed by atoms with Crippen LogP contribution in [0.2, 0.25) is 0 Å². The topological polar surface area (TPSA) is 32.3 Å². The maximum Gasteiger partial charge on any atom is 0.254 e. The molecule has 21 heavy (non-hydrogen) atoms. The van der Waals surface area contributed by atoms with Crippen molar-refractivity contribution < 1.29 is 9.18 Å². The van der Waals surface area contributed by atoms with Gasteiger partial charge in [-0.25, -0.2) is 4.39 Å². The maximum atomic E-state index is 13.7. The Morgan fingerprint density at radius 3 is 2.81 bits per heavy atom. The highest BCUT2D eigenvalue weighted by Crippen LogP contribution is 2.17.